The molecule has 1 saturated heterocycles. The van der Waals surface area contributed by atoms with Crippen LogP contribution >= 0.6 is 24.8 Å². The molecule has 1 aliphatic rings. The Morgan fingerprint density at radius 3 is 2.71 bits per heavy atom. The summed E-state index contributed by atoms with van der Waals surface area (Å²) in [5, 5.41) is 6.74. The third-order valence-corrected chi connectivity index (χ3v) is 1.33. The largest absolute Gasteiger partial charge is 0.360 e. The maximum absolute atomic E-state index is 4.72. The highest BCUT2D eigenvalue weighted by molar-refractivity contribution is 7.82. The molecule has 1 fully saturated rings. The van der Waals surface area contributed by atoms with E-state index in [4.69, 9.17) is 12.2 Å². The number of thiocarbonyl (C=S) groups is 1. The van der Waals surface area contributed by atoms with Crippen LogP contribution in [-0.4, -0.2) is 17.0 Å². The van der Waals surface area contributed by atoms with Crippen LogP contribution in [-0.2, 0) is 0 Å². The van der Waals surface area contributed by atoms with Gasteiger partial charge in [0.25, 0.3) is 0 Å². The lowest BCUT2D eigenvalue weighted by Gasteiger charge is -1.94. The summed E-state index contributed by atoms with van der Waals surface area (Å²) in [4.78, 5) is 0. The van der Waals surface area contributed by atoms with Crippen LogP contribution in [0.25, 0.3) is 0 Å². The maximum atomic E-state index is 4.72. The van der Waals surface area contributed by atoms with E-state index in [2.05, 4.69) is 23.3 Å². The molecule has 0 aromatic heterocycles. The summed E-state index contributed by atoms with van der Waals surface area (Å²) in [6.45, 7) is 0.835. The molecule has 2 nitrogen and oxygen atoms in total. The first-order chi connectivity index (χ1) is 3.29. The van der Waals surface area contributed by atoms with Crippen molar-refractivity contribution in [3.8, 4) is 0 Å². The fraction of sp³-hybridized carbons (Fsp3) is 0.667. The second kappa shape index (κ2) is 1.88. The summed E-state index contributed by atoms with van der Waals surface area (Å²) < 4.78 is 0. The van der Waals surface area contributed by atoms with Gasteiger partial charge >= 0.3 is 0 Å². The fourth-order valence-corrected chi connectivity index (χ4v) is 0.976. The predicted molar refractivity (Wildman–Crippen MR) is 36.5 cm³/mol. The van der Waals surface area contributed by atoms with Crippen molar-refractivity contribution >= 4 is 30.0 Å². The Balaban J connectivity index is 2.40. The SMILES string of the molecule is S=C1NCC(S)N1. The minimum absolute atomic E-state index is 0.215. The van der Waals surface area contributed by atoms with Crippen molar-refractivity contribution < 1.29 is 0 Å². The van der Waals surface area contributed by atoms with Gasteiger partial charge in [-0.15, -0.1) is 0 Å². The second-order valence-electron chi connectivity index (χ2n) is 1.37. The van der Waals surface area contributed by atoms with Crippen molar-refractivity contribution in [3.05, 3.63) is 0 Å². The van der Waals surface area contributed by atoms with Gasteiger partial charge in [-0.1, -0.05) is 0 Å². The molecule has 4 heteroatoms. The Morgan fingerprint density at radius 2 is 2.57 bits per heavy atom. The van der Waals surface area contributed by atoms with Gasteiger partial charge in [0, 0.05) is 6.54 Å². The van der Waals surface area contributed by atoms with Crippen LogP contribution in [0.4, 0.5) is 0 Å². The first kappa shape index (κ1) is 5.18. The summed E-state index contributed by atoms with van der Waals surface area (Å²) in [5.74, 6) is 0. The van der Waals surface area contributed by atoms with Crippen molar-refractivity contribution in [2.24, 2.45) is 0 Å². The summed E-state index contributed by atoms with van der Waals surface area (Å²) in [5.41, 5.74) is 0. The second-order valence-corrected chi connectivity index (χ2v) is 2.40. The van der Waals surface area contributed by atoms with E-state index in [1.165, 1.54) is 0 Å². The number of thiol groups is 1. The Morgan fingerprint density at radius 1 is 1.86 bits per heavy atom. The summed E-state index contributed by atoms with van der Waals surface area (Å²) in [6.07, 6.45) is 0. The lowest BCUT2D eigenvalue weighted by molar-refractivity contribution is 0.886. The molecule has 7 heavy (non-hydrogen) atoms. The minimum Gasteiger partial charge on any atom is -0.360 e. The quantitative estimate of drug-likeness (QED) is 0.314. The Labute approximate surface area is 53.1 Å². The van der Waals surface area contributed by atoms with E-state index in [1.54, 1.807) is 0 Å². The van der Waals surface area contributed by atoms with Crippen molar-refractivity contribution in [1.82, 2.24) is 10.6 Å². The van der Waals surface area contributed by atoms with E-state index in [0.717, 1.165) is 6.54 Å². The van der Waals surface area contributed by atoms with Crippen molar-refractivity contribution in [3.63, 3.8) is 0 Å². The molecular formula is C3H6N2S2. The first-order valence-electron chi connectivity index (χ1n) is 2.01. The van der Waals surface area contributed by atoms with Gasteiger partial charge in [-0.05, 0) is 12.2 Å². The van der Waals surface area contributed by atoms with Gasteiger partial charge in [0.1, 0.15) is 0 Å². The van der Waals surface area contributed by atoms with E-state index in [1.807, 2.05) is 0 Å². The highest BCUT2D eigenvalue weighted by atomic mass is 32.1. The van der Waals surface area contributed by atoms with Gasteiger partial charge < -0.3 is 10.6 Å². The molecule has 0 aromatic rings. The normalized spacial score (nSPS) is 29.3. The van der Waals surface area contributed by atoms with Gasteiger partial charge in [-0.3, -0.25) is 0 Å². The van der Waals surface area contributed by atoms with Gasteiger partial charge in [-0.2, -0.15) is 12.6 Å². The molecule has 0 radical (unpaired) electrons. The van der Waals surface area contributed by atoms with E-state index in [-0.39, 0.29) is 5.37 Å². The lowest BCUT2D eigenvalue weighted by Crippen LogP contribution is -2.22. The molecule has 1 aliphatic heterocycles. The van der Waals surface area contributed by atoms with Crippen LogP contribution in [0, 0.1) is 0 Å². The van der Waals surface area contributed by atoms with Crippen molar-refractivity contribution in [2.45, 2.75) is 5.37 Å². The highest BCUT2D eigenvalue weighted by Gasteiger charge is 2.10. The third-order valence-electron chi connectivity index (χ3n) is 0.754. The number of rotatable bonds is 0. The molecule has 0 saturated carbocycles. The zero-order chi connectivity index (χ0) is 5.28. The highest BCUT2D eigenvalue weighted by Crippen LogP contribution is 1.92. The van der Waals surface area contributed by atoms with Crippen molar-refractivity contribution in [2.75, 3.05) is 6.54 Å². The number of nitrogens with one attached hydrogen (secondary N) is 2. The zero-order valence-electron chi connectivity index (χ0n) is 3.64. The molecule has 2 N–H and O–H groups in total. The van der Waals surface area contributed by atoms with Gasteiger partial charge in [-0.25, -0.2) is 0 Å². The van der Waals surface area contributed by atoms with E-state index in [9.17, 15) is 0 Å². The summed E-state index contributed by atoms with van der Waals surface area (Å²) in [6, 6.07) is 0. The Hall–Kier alpha value is 0.0400. The molecule has 0 bridgehead atoms. The van der Waals surface area contributed by atoms with Crippen LogP contribution in [0.3, 0.4) is 0 Å². The fourth-order valence-electron chi connectivity index (χ4n) is 0.443. The molecule has 0 spiro atoms. The van der Waals surface area contributed by atoms with E-state index in [0.29, 0.717) is 5.11 Å². The smallest absolute Gasteiger partial charge is 0.167 e. The number of hydrogen-bond acceptors (Lipinski definition) is 2. The minimum atomic E-state index is 0.215. The molecule has 1 atom stereocenters. The molecular weight excluding hydrogens is 128 g/mol. The molecule has 0 aliphatic carbocycles. The molecule has 1 unspecified atom stereocenters. The van der Waals surface area contributed by atoms with E-state index >= 15 is 0 Å². The van der Waals surface area contributed by atoms with Crippen molar-refractivity contribution in [1.29, 1.82) is 0 Å². The van der Waals surface area contributed by atoms with Gasteiger partial charge in [0.15, 0.2) is 5.11 Å². The van der Waals surface area contributed by atoms with E-state index < -0.39 is 0 Å². The first-order valence-corrected chi connectivity index (χ1v) is 2.94. The molecule has 1 rings (SSSR count). The number of hydrogen-bond donors (Lipinski definition) is 3. The topological polar surface area (TPSA) is 24.1 Å². The van der Waals surface area contributed by atoms with Crippen LogP contribution in [0.1, 0.15) is 0 Å². The lowest BCUT2D eigenvalue weighted by atomic mass is 10.7. The average molecular weight is 134 g/mol. The molecule has 1 heterocycles. The molecule has 40 valence electrons. The van der Waals surface area contributed by atoms with Gasteiger partial charge in [0.2, 0.25) is 0 Å². The van der Waals surface area contributed by atoms with Crippen LogP contribution in [0.5, 0.6) is 0 Å². The van der Waals surface area contributed by atoms with Crippen LogP contribution in [0.2, 0.25) is 0 Å². The molecule has 0 amide bonds. The summed E-state index contributed by atoms with van der Waals surface area (Å²) in [7, 11) is 0. The van der Waals surface area contributed by atoms with Crippen LogP contribution < -0.4 is 10.6 Å². The average Bonchev–Trinajstić information content (AvgIpc) is 1.87. The standard InChI is InChI=1S/C3H6N2S2/c6-2-1-4-3(7)5-2/h2,6H,1H2,(H2,4,5,7). The van der Waals surface area contributed by atoms with Gasteiger partial charge in [0.05, 0.1) is 5.37 Å². The maximum Gasteiger partial charge on any atom is 0.167 e. The van der Waals surface area contributed by atoms with Crippen LogP contribution in [0.15, 0.2) is 0 Å². The Bertz CT molecular complexity index is 92.9. The Kier molecular flexibility index (Phi) is 1.39. The predicted octanol–water partition coefficient (Wildman–Crippen LogP) is -0.280. The monoisotopic (exact) mass is 134 g/mol. The zero-order valence-corrected chi connectivity index (χ0v) is 5.35. The summed E-state index contributed by atoms with van der Waals surface area (Å²) >= 11 is 8.82. The third kappa shape index (κ3) is 1.21. The molecule has 0 aromatic carbocycles.